The van der Waals surface area contributed by atoms with Crippen molar-refractivity contribution in [3.8, 4) is 5.75 Å². The normalized spacial score (nSPS) is 20.1. The second-order valence-corrected chi connectivity index (χ2v) is 6.04. The van der Waals surface area contributed by atoms with Crippen molar-refractivity contribution in [2.45, 2.75) is 18.9 Å². The van der Waals surface area contributed by atoms with Gasteiger partial charge in [0, 0.05) is 20.1 Å². The minimum atomic E-state index is 0.394. The summed E-state index contributed by atoms with van der Waals surface area (Å²) in [6.45, 7) is 5.17. The molecule has 5 heteroatoms. The van der Waals surface area contributed by atoms with Gasteiger partial charge in [-0.2, -0.15) is 0 Å². The Bertz CT molecular complexity index is 508. The van der Waals surface area contributed by atoms with E-state index >= 15 is 0 Å². The molecule has 22 heavy (non-hydrogen) atoms. The van der Waals surface area contributed by atoms with Gasteiger partial charge in [0.2, 0.25) is 0 Å². The first-order valence-electron chi connectivity index (χ1n) is 8.15. The first kappa shape index (κ1) is 15.2. The fraction of sp³-hybridized carbons (Fsp3) is 0.588. The molecule has 2 aliphatic rings. The number of hydrogen-bond donors (Lipinski definition) is 1. The van der Waals surface area contributed by atoms with Gasteiger partial charge in [-0.3, -0.25) is 9.89 Å². The van der Waals surface area contributed by atoms with Crippen molar-refractivity contribution in [1.29, 1.82) is 0 Å². The van der Waals surface area contributed by atoms with E-state index in [4.69, 9.17) is 4.74 Å². The maximum absolute atomic E-state index is 5.27. The third-order valence-corrected chi connectivity index (χ3v) is 4.59. The second kappa shape index (κ2) is 7.01. The first-order chi connectivity index (χ1) is 10.8. The Morgan fingerprint density at radius 2 is 1.91 bits per heavy atom. The van der Waals surface area contributed by atoms with Crippen molar-refractivity contribution in [3.05, 3.63) is 29.8 Å². The van der Waals surface area contributed by atoms with Gasteiger partial charge >= 0.3 is 0 Å². The van der Waals surface area contributed by atoms with Gasteiger partial charge in [-0.15, -0.1) is 0 Å². The Labute approximate surface area is 133 Å². The third kappa shape index (κ3) is 3.35. The van der Waals surface area contributed by atoms with E-state index in [0.717, 1.165) is 31.3 Å². The molecule has 1 unspecified atom stereocenters. The van der Waals surface area contributed by atoms with Crippen LogP contribution in [0.15, 0.2) is 29.3 Å². The number of likely N-dealkylation sites (tertiary alicyclic amines) is 1. The fourth-order valence-corrected chi connectivity index (χ4v) is 3.25. The summed E-state index contributed by atoms with van der Waals surface area (Å²) in [6, 6.07) is 8.87. The number of hydrogen-bond acceptors (Lipinski definition) is 5. The number of nitrogens with zero attached hydrogens (tertiary/aromatic N) is 3. The van der Waals surface area contributed by atoms with Crippen LogP contribution in [0.3, 0.4) is 0 Å². The molecule has 2 aliphatic heterocycles. The Hall–Kier alpha value is -1.75. The van der Waals surface area contributed by atoms with Gasteiger partial charge in [0.15, 0.2) is 5.96 Å². The van der Waals surface area contributed by atoms with Gasteiger partial charge in [-0.25, -0.2) is 0 Å². The molecule has 0 saturated carbocycles. The van der Waals surface area contributed by atoms with Crippen molar-refractivity contribution in [2.24, 2.45) is 4.99 Å². The molecule has 1 fully saturated rings. The molecule has 1 saturated heterocycles. The Kier molecular flexibility index (Phi) is 4.83. The predicted molar refractivity (Wildman–Crippen MR) is 89.5 cm³/mol. The zero-order chi connectivity index (χ0) is 15.4. The lowest BCUT2D eigenvalue weighted by atomic mass is 10.1. The number of aliphatic imine (C=N–C) groups is 1. The molecule has 3 rings (SSSR count). The number of rotatable bonds is 5. The van der Waals surface area contributed by atoms with Crippen LogP contribution in [0.1, 0.15) is 24.4 Å². The van der Waals surface area contributed by atoms with Crippen molar-refractivity contribution in [2.75, 3.05) is 46.9 Å². The van der Waals surface area contributed by atoms with Gasteiger partial charge in [0.05, 0.1) is 19.7 Å². The molecule has 5 nitrogen and oxygen atoms in total. The van der Waals surface area contributed by atoms with E-state index in [-0.39, 0.29) is 0 Å². The first-order valence-corrected chi connectivity index (χ1v) is 8.15. The Balaban J connectivity index is 1.71. The van der Waals surface area contributed by atoms with Gasteiger partial charge in [-0.1, -0.05) is 12.1 Å². The molecule has 0 aromatic heterocycles. The summed E-state index contributed by atoms with van der Waals surface area (Å²) in [7, 11) is 3.81. The molecule has 0 amide bonds. The van der Waals surface area contributed by atoms with E-state index in [1.807, 2.05) is 0 Å². The topological polar surface area (TPSA) is 40.1 Å². The summed E-state index contributed by atoms with van der Waals surface area (Å²) in [5.41, 5.74) is 1.34. The molecule has 1 N–H and O–H groups in total. The van der Waals surface area contributed by atoms with Crippen LogP contribution in [-0.2, 0) is 0 Å². The highest BCUT2D eigenvalue weighted by Gasteiger charge is 2.24. The molecule has 1 aromatic rings. The quantitative estimate of drug-likeness (QED) is 0.899. The lowest BCUT2D eigenvalue weighted by Gasteiger charge is -2.29. The number of methoxy groups -OCH3 is 1. The summed E-state index contributed by atoms with van der Waals surface area (Å²) in [4.78, 5) is 9.29. The molecule has 1 aromatic carbocycles. The number of likely N-dealkylation sites (N-methyl/N-ethyl adjacent to an activating group) is 1. The van der Waals surface area contributed by atoms with Crippen LogP contribution in [-0.4, -0.2) is 62.6 Å². The molecule has 0 bridgehead atoms. The monoisotopic (exact) mass is 302 g/mol. The van der Waals surface area contributed by atoms with Gasteiger partial charge < -0.3 is 15.0 Å². The van der Waals surface area contributed by atoms with E-state index in [0.29, 0.717) is 6.04 Å². The number of ether oxygens (including phenoxy) is 1. The maximum atomic E-state index is 5.27. The number of nitrogens with one attached hydrogen (secondary N) is 1. The van der Waals surface area contributed by atoms with Crippen LogP contribution in [0.2, 0.25) is 0 Å². The van der Waals surface area contributed by atoms with Crippen molar-refractivity contribution < 1.29 is 4.74 Å². The molecular weight excluding hydrogens is 276 g/mol. The van der Waals surface area contributed by atoms with Crippen molar-refractivity contribution in [3.63, 3.8) is 0 Å². The molecule has 0 radical (unpaired) electrons. The summed E-state index contributed by atoms with van der Waals surface area (Å²) >= 11 is 0. The highest BCUT2D eigenvalue weighted by molar-refractivity contribution is 5.81. The minimum absolute atomic E-state index is 0.394. The van der Waals surface area contributed by atoms with E-state index in [1.165, 1.54) is 31.5 Å². The highest BCUT2D eigenvalue weighted by Crippen LogP contribution is 2.26. The molecule has 2 heterocycles. The zero-order valence-electron chi connectivity index (χ0n) is 13.6. The van der Waals surface area contributed by atoms with Crippen LogP contribution in [0.4, 0.5) is 0 Å². The average Bonchev–Trinajstić information content (AvgIpc) is 3.21. The number of guanidine groups is 1. The van der Waals surface area contributed by atoms with Crippen LogP contribution in [0.25, 0.3) is 0 Å². The van der Waals surface area contributed by atoms with Crippen LogP contribution < -0.4 is 10.1 Å². The SMILES string of the molecule is COc1ccc(C(CNC2=NCCN2C)N2CCCC2)cc1. The number of benzene rings is 1. The lowest BCUT2D eigenvalue weighted by Crippen LogP contribution is -2.41. The van der Waals surface area contributed by atoms with E-state index < -0.39 is 0 Å². The minimum Gasteiger partial charge on any atom is -0.497 e. The molecule has 1 atom stereocenters. The Morgan fingerprint density at radius 1 is 1.18 bits per heavy atom. The standard InChI is InChI=1S/C17H26N4O/c1-20-12-9-18-17(20)19-13-16(21-10-3-4-11-21)14-5-7-15(22-2)8-6-14/h5-8,16H,3-4,9-13H2,1-2H3,(H,18,19). The van der Waals surface area contributed by atoms with E-state index in [9.17, 15) is 0 Å². The summed E-state index contributed by atoms with van der Waals surface area (Å²) < 4.78 is 5.27. The lowest BCUT2D eigenvalue weighted by molar-refractivity contribution is 0.244. The molecule has 0 spiro atoms. The van der Waals surface area contributed by atoms with Crippen LogP contribution >= 0.6 is 0 Å². The van der Waals surface area contributed by atoms with E-state index in [2.05, 4.69) is 51.4 Å². The van der Waals surface area contributed by atoms with E-state index in [1.54, 1.807) is 7.11 Å². The third-order valence-electron chi connectivity index (χ3n) is 4.59. The largest absolute Gasteiger partial charge is 0.497 e. The Morgan fingerprint density at radius 3 is 2.50 bits per heavy atom. The highest BCUT2D eigenvalue weighted by atomic mass is 16.5. The van der Waals surface area contributed by atoms with Crippen LogP contribution in [0, 0.1) is 0 Å². The molecular formula is C17H26N4O. The van der Waals surface area contributed by atoms with Gasteiger partial charge in [0.1, 0.15) is 5.75 Å². The summed E-state index contributed by atoms with van der Waals surface area (Å²) in [6.07, 6.45) is 2.60. The predicted octanol–water partition coefficient (Wildman–Crippen LogP) is 1.72. The summed E-state index contributed by atoms with van der Waals surface area (Å²) in [5, 5.41) is 3.54. The second-order valence-electron chi connectivity index (χ2n) is 6.04. The maximum Gasteiger partial charge on any atom is 0.193 e. The summed E-state index contributed by atoms with van der Waals surface area (Å²) in [5.74, 6) is 1.94. The molecule has 0 aliphatic carbocycles. The molecule has 120 valence electrons. The fourth-order valence-electron chi connectivity index (χ4n) is 3.25. The average molecular weight is 302 g/mol. The van der Waals surface area contributed by atoms with Crippen molar-refractivity contribution in [1.82, 2.24) is 15.1 Å². The van der Waals surface area contributed by atoms with Gasteiger partial charge in [-0.05, 0) is 43.6 Å². The zero-order valence-corrected chi connectivity index (χ0v) is 13.6. The van der Waals surface area contributed by atoms with Gasteiger partial charge in [0.25, 0.3) is 0 Å². The van der Waals surface area contributed by atoms with Crippen LogP contribution in [0.5, 0.6) is 5.75 Å². The smallest absolute Gasteiger partial charge is 0.193 e. The van der Waals surface area contributed by atoms with Crippen molar-refractivity contribution >= 4 is 5.96 Å².